The van der Waals surface area contributed by atoms with Gasteiger partial charge in [-0.2, -0.15) is 0 Å². The molecule has 5 heteroatoms. The molecule has 2 aromatic rings. The molecule has 0 aliphatic heterocycles. The maximum absolute atomic E-state index is 13.7. The number of halogens is 2. The normalized spacial score (nSPS) is 11.9. The quantitative estimate of drug-likeness (QED) is 0.858. The second kappa shape index (κ2) is 6.92. The first-order valence-electron chi connectivity index (χ1n) is 6.87. The van der Waals surface area contributed by atoms with Crippen molar-refractivity contribution in [3.8, 4) is 5.75 Å². The van der Waals surface area contributed by atoms with Crippen molar-refractivity contribution >= 4 is 27.5 Å². The number of rotatable bonds is 4. The summed E-state index contributed by atoms with van der Waals surface area (Å²) in [5, 5.41) is 2.53. The Hall–Kier alpha value is -1.88. The Bertz CT molecular complexity index is 703. The highest BCUT2D eigenvalue weighted by Crippen LogP contribution is 2.23. The number of hydrogen-bond acceptors (Lipinski definition) is 2. The lowest BCUT2D eigenvalue weighted by Crippen LogP contribution is -2.30. The number of nitrogens with one attached hydrogen (secondary N) is 1. The molecule has 1 atom stereocenters. The lowest BCUT2D eigenvalue weighted by Gasteiger charge is -2.17. The van der Waals surface area contributed by atoms with Crippen molar-refractivity contribution in [1.82, 2.24) is 0 Å². The molecule has 1 N–H and O–H groups in total. The molecule has 22 heavy (non-hydrogen) atoms. The van der Waals surface area contributed by atoms with Crippen LogP contribution in [0.25, 0.3) is 0 Å². The Morgan fingerprint density at radius 3 is 2.68 bits per heavy atom. The summed E-state index contributed by atoms with van der Waals surface area (Å²) in [6, 6.07) is 10.1. The SMILES string of the molecule is Cc1cccc(O[C@@H](C)C(=O)Nc2ccc(Br)cc2F)c1C. The number of hydrogen-bond donors (Lipinski definition) is 1. The summed E-state index contributed by atoms with van der Waals surface area (Å²) in [5.41, 5.74) is 2.20. The van der Waals surface area contributed by atoms with Gasteiger partial charge in [0.25, 0.3) is 5.91 Å². The molecule has 0 aromatic heterocycles. The molecule has 0 aliphatic rings. The van der Waals surface area contributed by atoms with Crippen LogP contribution in [-0.2, 0) is 4.79 Å². The summed E-state index contributed by atoms with van der Waals surface area (Å²) >= 11 is 3.17. The van der Waals surface area contributed by atoms with Crippen LogP contribution in [0.15, 0.2) is 40.9 Å². The van der Waals surface area contributed by atoms with Crippen LogP contribution in [0.5, 0.6) is 5.75 Å². The van der Waals surface area contributed by atoms with Crippen molar-refractivity contribution in [3.05, 3.63) is 57.8 Å². The number of aryl methyl sites for hydroxylation is 1. The van der Waals surface area contributed by atoms with Crippen LogP contribution in [-0.4, -0.2) is 12.0 Å². The van der Waals surface area contributed by atoms with Gasteiger partial charge in [0.15, 0.2) is 6.10 Å². The molecule has 0 fully saturated rings. The van der Waals surface area contributed by atoms with E-state index in [1.165, 1.54) is 12.1 Å². The van der Waals surface area contributed by atoms with Gasteiger partial charge in [-0.25, -0.2) is 4.39 Å². The van der Waals surface area contributed by atoms with E-state index in [9.17, 15) is 9.18 Å². The van der Waals surface area contributed by atoms with Crippen LogP contribution in [0.4, 0.5) is 10.1 Å². The molecule has 0 heterocycles. The van der Waals surface area contributed by atoms with E-state index in [2.05, 4.69) is 21.2 Å². The van der Waals surface area contributed by atoms with E-state index in [-0.39, 0.29) is 5.69 Å². The molecule has 3 nitrogen and oxygen atoms in total. The minimum absolute atomic E-state index is 0.129. The zero-order chi connectivity index (χ0) is 16.3. The van der Waals surface area contributed by atoms with Crippen LogP contribution >= 0.6 is 15.9 Å². The highest BCUT2D eigenvalue weighted by Gasteiger charge is 2.17. The molecule has 0 radical (unpaired) electrons. The molecule has 2 aromatic carbocycles. The standard InChI is InChI=1S/C17H17BrFNO2/c1-10-5-4-6-16(11(10)2)22-12(3)17(21)20-15-8-7-13(18)9-14(15)19/h4-9,12H,1-3H3,(H,20,21)/t12-/m0/s1. The monoisotopic (exact) mass is 365 g/mol. The van der Waals surface area contributed by atoms with Crippen molar-refractivity contribution in [2.45, 2.75) is 26.9 Å². The molecule has 2 rings (SSSR count). The van der Waals surface area contributed by atoms with Gasteiger partial charge in [0.2, 0.25) is 0 Å². The summed E-state index contributed by atoms with van der Waals surface area (Å²) < 4.78 is 20.0. The van der Waals surface area contributed by atoms with Crippen molar-refractivity contribution in [2.75, 3.05) is 5.32 Å². The van der Waals surface area contributed by atoms with Crippen LogP contribution in [0.1, 0.15) is 18.1 Å². The van der Waals surface area contributed by atoms with Crippen molar-refractivity contribution in [3.63, 3.8) is 0 Å². The van der Waals surface area contributed by atoms with E-state index >= 15 is 0 Å². The van der Waals surface area contributed by atoms with Crippen molar-refractivity contribution < 1.29 is 13.9 Å². The zero-order valence-electron chi connectivity index (χ0n) is 12.6. The number of carbonyl (C=O) groups excluding carboxylic acids is 1. The first-order valence-corrected chi connectivity index (χ1v) is 7.66. The van der Waals surface area contributed by atoms with Gasteiger partial charge in [-0.05, 0) is 56.2 Å². The second-order valence-corrected chi connectivity index (χ2v) is 5.99. The highest BCUT2D eigenvalue weighted by molar-refractivity contribution is 9.10. The summed E-state index contributed by atoms with van der Waals surface area (Å²) in [7, 11) is 0. The van der Waals surface area contributed by atoms with Crippen molar-refractivity contribution in [2.24, 2.45) is 0 Å². The molecule has 1 amide bonds. The van der Waals surface area contributed by atoms with E-state index in [0.717, 1.165) is 11.1 Å². The number of amides is 1. The molecule has 0 bridgehead atoms. The van der Waals surface area contributed by atoms with Crippen LogP contribution < -0.4 is 10.1 Å². The zero-order valence-corrected chi connectivity index (χ0v) is 14.2. The van der Waals surface area contributed by atoms with Crippen LogP contribution in [0, 0.1) is 19.7 Å². The summed E-state index contributed by atoms with van der Waals surface area (Å²) in [6.07, 6.45) is -0.733. The van der Waals surface area contributed by atoms with Gasteiger partial charge in [0.1, 0.15) is 11.6 Å². The average Bonchev–Trinajstić information content (AvgIpc) is 2.46. The number of anilines is 1. The number of benzene rings is 2. The van der Waals surface area contributed by atoms with Gasteiger partial charge in [-0.3, -0.25) is 4.79 Å². The molecule has 0 saturated carbocycles. The first kappa shape index (κ1) is 16.5. The topological polar surface area (TPSA) is 38.3 Å². The minimum atomic E-state index is -0.733. The molecular weight excluding hydrogens is 349 g/mol. The Balaban J connectivity index is 2.07. The summed E-state index contributed by atoms with van der Waals surface area (Å²) in [6.45, 7) is 5.54. The van der Waals surface area contributed by atoms with Gasteiger partial charge in [0.05, 0.1) is 5.69 Å². The predicted octanol–water partition coefficient (Wildman–Crippen LogP) is 4.61. The minimum Gasteiger partial charge on any atom is -0.481 e. The van der Waals surface area contributed by atoms with E-state index in [1.54, 1.807) is 13.0 Å². The molecule has 0 spiro atoms. The fraction of sp³-hybridized carbons (Fsp3) is 0.235. The third kappa shape index (κ3) is 3.85. The molecular formula is C17H17BrFNO2. The van der Waals surface area contributed by atoms with Gasteiger partial charge in [-0.15, -0.1) is 0 Å². The smallest absolute Gasteiger partial charge is 0.265 e. The van der Waals surface area contributed by atoms with Gasteiger partial charge in [0, 0.05) is 4.47 Å². The Kier molecular flexibility index (Phi) is 5.19. The lowest BCUT2D eigenvalue weighted by atomic mass is 10.1. The van der Waals surface area contributed by atoms with E-state index in [1.807, 2.05) is 32.0 Å². The molecule has 0 aliphatic carbocycles. The maximum Gasteiger partial charge on any atom is 0.265 e. The molecule has 0 unspecified atom stereocenters. The third-order valence-corrected chi connectivity index (χ3v) is 3.91. The lowest BCUT2D eigenvalue weighted by molar-refractivity contribution is -0.122. The largest absolute Gasteiger partial charge is 0.481 e. The second-order valence-electron chi connectivity index (χ2n) is 5.07. The molecule has 0 saturated heterocycles. The van der Waals surface area contributed by atoms with Crippen molar-refractivity contribution in [1.29, 1.82) is 0 Å². The molecule has 116 valence electrons. The maximum atomic E-state index is 13.7. The first-order chi connectivity index (χ1) is 10.4. The number of ether oxygens (including phenoxy) is 1. The van der Waals surface area contributed by atoms with Crippen LogP contribution in [0.3, 0.4) is 0 Å². The van der Waals surface area contributed by atoms with Gasteiger partial charge >= 0.3 is 0 Å². The average molecular weight is 366 g/mol. The van der Waals surface area contributed by atoms with E-state index < -0.39 is 17.8 Å². The Labute approximate surface area is 137 Å². The fourth-order valence-electron chi connectivity index (χ4n) is 1.92. The summed E-state index contributed by atoms with van der Waals surface area (Å²) in [5.74, 6) is -0.247. The number of carbonyl (C=O) groups is 1. The Morgan fingerprint density at radius 2 is 2.00 bits per heavy atom. The van der Waals surface area contributed by atoms with Gasteiger partial charge < -0.3 is 10.1 Å². The predicted molar refractivity (Wildman–Crippen MR) is 88.7 cm³/mol. The van der Waals surface area contributed by atoms with Gasteiger partial charge in [-0.1, -0.05) is 28.1 Å². The Morgan fingerprint density at radius 1 is 1.27 bits per heavy atom. The summed E-state index contributed by atoms with van der Waals surface area (Å²) in [4.78, 5) is 12.1. The third-order valence-electron chi connectivity index (χ3n) is 3.42. The fourth-order valence-corrected chi connectivity index (χ4v) is 2.25. The van der Waals surface area contributed by atoms with Crippen LogP contribution in [0.2, 0.25) is 0 Å². The van der Waals surface area contributed by atoms with E-state index in [0.29, 0.717) is 10.2 Å². The highest BCUT2D eigenvalue weighted by atomic mass is 79.9. The van der Waals surface area contributed by atoms with E-state index in [4.69, 9.17) is 4.74 Å².